The summed E-state index contributed by atoms with van der Waals surface area (Å²) >= 11 is 0. The van der Waals surface area contributed by atoms with Crippen LogP contribution >= 0.6 is 0 Å². The van der Waals surface area contributed by atoms with Crippen LogP contribution in [0.5, 0.6) is 0 Å². The van der Waals surface area contributed by atoms with E-state index in [0.29, 0.717) is 30.4 Å². The number of aliphatic hydroxyl groups is 1. The van der Waals surface area contributed by atoms with Crippen molar-refractivity contribution in [3.63, 3.8) is 0 Å². The molecule has 6 heteroatoms. The maximum absolute atomic E-state index is 12.9. The molecule has 0 heterocycles. The molecule has 0 bridgehead atoms. The lowest BCUT2D eigenvalue weighted by atomic mass is 9.87. The van der Waals surface area contributed by atoms with Crippen LogP contribution in [0.1, 0.15) is 23.1 Å². The van der Waals surface area contributed by atoms with E-state index in [1.807, 2.05) is 0 Å². The molecule has 2 rings (SSSR count). The van der Waals surface area contributed by atoms with Crippen molar-refractivity contribution in [2.75, 3.05) is 0 Å². The van der Waals surface area contributed by atoms with E-state index in [2.05, 4.69) is 0 Å². The van der Waals surface area contributed by atoms with Crippen molar-refractivity contribution in [2.24, 2.45) is 0 Å². The number of halogens is 3. The van der Waals surface area contributed by atoms with Crippen molar-refractivity contribution >= 4 is 5.97 Å². The molecule has 1 aliphatic rings. The number of hydrogen-bond donors (Lipinski definition) is 2. The number of carboxylic acid groups (broad SMARTS) is 1. The molecule has 0 radical (unpaired) electrons. The van der Waals surface area contributed by atoms with Crippen LogP contribution in [0.15, 0.2) is 18.2 Å². The van der Waals surface area contributed by atoms with Gasteiger partial charge in [0, 0.05) is 5.56 Å². The fourth-order valence-corrected chi connectivity index (χ4v) is 2.35. The summed E-state index contributed by atoms with van der Waals surface area (Å²) in [7, 11) is 0. The molecular weight excluding hydrogens is 249 g/mol. The molecule has 0 fully saturated rings. The van der Waals surface area contributed by atoms with Crippen LogP contribution in [0, 0.1) is 0 Å². The third-order valence-electron chi connectivity index (χ3n) is 3.26. The van der Waals surface area contributed by atoms with Crippen molar-refractivity contribution in [2.45, 2.75) is 31.0 Å². The first-order chi connectivity index (χ1) is 8.28. The van der Waals surface area contributed by atoms with Crippen molar-refractivity contribution < 1.29 is 28.2 Å². The Labute approximate surface area is 101 Å². The van der Waals surface area contributed by atoms with Gasteiger partial charge in [0.2, 0.25) is 0 Å². The normalized spacial score (nSPS) is 18.2. The Morgan fingerprint density at radius 3 is 2.44 bits per heavy atom. The Hall–Kier alpha value is -1.56. The summed E-state index contributed by atoms with van der Waals surface area (Å²) in [4.78, 5) is 10.9. The van der Waals surface area contributed by atoms with Crippen molar-refractivity contribution in [1.29, 1.82) is 0 Å². The number of aryl methyl sites for hydroxylation is 1. The number of aliphatic carboxylic acids is 1. The van der Waals surface area contributed by atoms with E-state index in [9.17, 15) is 23.1 Å². The van der Waals surface area contributed by atoms with Gasteiger partial charge in [0.25, 0.3) is 5.60 Å². The Balaban J connectivity index is 2.65. The molecule has 0 saturated carbocycles. The van der Waals surface area contributed by atoms with E-state index in [1.165, 1.54) is 6.07 Å². The maximum atomic E-state index is 12.9. The SMILES string of the molecule is O=C(O)C(O)(c1cccc2c1CCC2)C(F)(F)F. The minimum Gasteiger partial charge on any atom is -0.479 e. The summed E-state index contributed by atoms with van der Waals surface area (Å²) in [5.74, 6) is -2.30. The number of carbonyl (C=O) groups is 1. The number of fused-ring (bicyclic) bond motifs is 1. The van der Waals surface area contributed by atoms with Crippen LogP contribution in [0.3, 0.4) is 0 Å². The second-order valence-electron chi connectivity index (χ2n) is 4.31. The Morgan fingerprint density at radius 2 is 1.89 bits per heavy atom. The molecule has 0 spiro atoms. The maximum Gasteiger partial charge on any atom is 0.432 e. The Morgan fingerprint density at radius 1 is 1.22 bits per heavy atom. The minimum absolute atomic E-state index is 0.305. The average Bonchev–Trinajstić information content (AvgIpc) is 2.73. The lowest BCUT2D eigenvalue weighted by Gasteiger charge is -2.28. The van der Waals surface area contributed by atoms with E-state index in [0.717, 1.165) is 6.07 Å². The fourth-order valence-electron chi connectivity index (χ4n) is 2.35. The first kappa shape index (κ1) is 12.9. The Bertz CT molecular complexity index is 496. The molecule has 0 amide bonds. The lowest BCUT2D eigenvalue weighted by molar-refractivity contribution is -0.265. The highest BCUT2D eigenvalue weighted by Gasteiger charge is 2.62. The lowest BCUT2D eigenvalue weighted by Crippen LogP contribution is -2.49. The Kier molecular flexibility index (Phi) is 2.85. The number of hydrogen-bond acceptors (Lipinski definition) is 2. The largest absolute Gasteiger partial charge is 0.479 e. The summed E-state index contributed by atoms with van der Waals surface area (Å²) in [6, 6.07) is 4.04. The molecule has 1 atom stereocenters. The predicted octanol–water partition coefficient (Wildman–Crippen LogP) is 2.01. The third kappa shape index (κ3) is 1.68. The molecule has 0 aliphatic heterocycles. The van der Waals surface area contributed by atoms with Gasteiger partial charge in [-0.15, -0.1) is 0 Å². The van der Waals surface area contributed by atoms with Gasteiger partial charge in [0.05, 0.1) is 0 Å². The first-order valence-corrected chi connectivity index (χ1v) is 5.42. The third-order valence-corrected chi connectivity index (χ3v) is 3.26. The van der Waals surface area contributed by atoms with Gasteiger partial charge < -0.3 is 10.2 Å². The molecule has 1 aromatic rings. The molecule has 0 aromatic heterocycles. The fraction of sp³-hybridized carbons (Fsp3) is 0.417. The van der Waals surface area contributed by atoms with Gasteiger partial charge in [-0.25, -0.2) is 4.79 Å². The van der Waals surface area contributed by atoms with Crippen LogP contribution in [-0.2, 0) is 23.2 Å². The van der Waals surface area contributed by atoms with Gasteiger partial charge in [-0.3, -0.25) is 0 Å². The standard InChI is InChI=1S/C12H11F3O3/c13-12(14,15)11(18,10(16)17)9-6-2-4-7-3-1-5-8(7)9/h2,4,6,18H,1,3,5H2,(H,16,17). The zero-order valence-corrected chi connectivity index (χ0v) is 9.29. The van der Waals surface area contributed by atoms with Crippen LogP contribution in [0.4, 0.5) is 13.2 Å². The van der Waals surface area contributed by atoms with Crippen LogP contribution in [-0.4, -0.2) is 22.4 Å². The smallest absolute Gasteiger partial charge is 0.432 e. The second-order valence-corrected chi connectivity index (χ2v) is 4.31. The molecule has 2 N–H and O–H groups in total. The van der Waals surface area contributed by atoms with E-state index >= 15 is 0 Å². The minimum atomic E-state index is -5.25. The molecule has 1 aliphatic carbocycles. The predicted molar refractivity (Wildman–Crippen MR) is 56.1 cm³/mol. The van der Waals surface area contributed by atoms with Crippen molar-refractivity contribution in [3.05, 3.63) is 34.9 Å². The molecule has 18 heavy (non-hydrogen) atoms. The van der Waals surface area contributed by atoms with Gasteiger partial charge in [0.1, 0.15) is 0 Å². The number of rotatable bonds is 2. The molecule has 0 saturated heterocycles. The molecule has 1 unspecified atom stereocenters. The zero-order valence-electron chi connectivity index (χ0n) is 9.29. The zero-order chi connectivity index (χ0) is 13.6. The van der Waals surface area contributed by atoms with Crippen LogP contribution in [0.25, 0.3) is 0 Å². The van der Waals surface area contributed by atoms with Gasteiger partial charge >= 0.3 is 12.1 Å². The molecular formula is C12H11F3O3. The first-order valence-electron chi connectivity index (χ1n) is 5.42. The summed E-state index contributed by atoms with van der Waals surface area (Å²) in [6.07, 6.45) is -3.62. The number of benzene rings is 1. The van der Waals surface area contributed by atoms with E-state index in [1.54, 1.807) is 6.07 Å². The highest BCUT2D eigenvalue weighted by atomic mass is 19.4. The summed E-state index contributed by atoms with van der Waals surface area (Å²) in [5, 5.41) is 18.4. The van der Waals surface area contributed by atoms with Crippen molar-refractivity contribution in [1.82, 2.24) is 0 Å². The van der Waals surface area contributed by atoms with Gasteiger partial charge in [-0.2, -0.15) is 13.2 Å². The summed E-state index contributed by atoms with van der Waals surface area (Å²) < 4.78 is 38.6. The average molecular weight is 260 g/mol. The summed E-state index contributed by atoms with van der Waals surface area (Å²) in [5.41, 5.74) is -3.41. The van der Waals surface area contributed by atoms with Gasteiger partial charge in [-0.05, 0) is 30.4 Å². The molecule has 1 aromatic carbocycles. The van der Waals surface area contributed by atoms with Crippen molar-refractivity contribution in [3.8, 4) is 0 Å². The second kappa shape index (κ2) is 3.98. The van der Waals surface area contributed by atoms with Crippen LogP contribution < -0.4 is 0 Å². The molecule has 3 nitrogen and oxygen atoms in total. The highest BCUT2D eigenvalue weighted by molar-refractivity contribution is 5.81. The molecule has 98 valence electrons. The topological polar surface area (TPSA) is 57.5 Å². The van der Waals surface area contributed by atoms with E-state index in [-0.39, 0.29) is 0 Å². The number of alkyl halides is 3. The quantitative estimate of drug-likeness (QED) is 0.855. The number of carboxylic acids is 1. The van der Waals surface area contributed by atoms with E-state index < -0.39 is 23.3 Å². The van der Waals surface area contributed by atoms with E-state index in [4.69, 9.17) is 5.11 Å². The van der Waals surface area contributed by atoms with Gasteiger partial charge in [0.15, 0.2) is 0 Å². The van der Waals surface area contributed by atoms with Crippen LogP contribution in [0.2, 0.25) is 0 Å². The summed E-state index contributed by atoms with van der Waals surface area (Å²) in [6.45, 7) is 0. The monoisotopic (exact) mass is 260 g/mol. The highest BCUT2D eigenvalue weighted by Crippen LogP contribution is 2.42. The van der Waals surface area contributed by atoms with Gasteiger partial charge in [-0.1, -0.05) is 18.2 Å².